The average molecular weight is 238 g/mol. The standard InChI is InChI=1S/C14H10N2O2/c15-11-7-2-1-4-8(11)9-5-3-6-10-12(9)14(18)16-13(10)17/h1-7H,15H2,(H,16,17,18). The summed E-state index contributed by atoms with van der Waals surface area (Å²) < 4.78 is 0. The minimum Gasteiger partial charge on any atom is -0.398 e. The van der Waals surface area contributed by atoms with Gasteiger partial charge in [-0.1, -0.05) is 30.3 Å². The molecule has 4 nitrogen and oxygen atoms in total. The number of hydrogen-bond donors (Lipinski definition) is 2. The Hall–Kier alpha value is -2.62. The molecule has 1 aliphatic rings. The van der Waals surface area contributed by atoms with Gasteiger partial charge in [0.05, 0.1) is 11.1 Å². The third kappa shape index (κ3) is 1.39. The minimum absolute atomic E-state index is 0.355. The van der Waals surface area contributed by atoms with Crippen molar-refractivity contribution >= 4 is 17.5 Å². The number of para-hydroxylation sites is 1. The molecule has 0 aliphatic carbocycles. The smallest absolute Gasteiger partial charge is 0.259 e. The van der Waals surface area contributed by atoms with Gasteiger partial charge in [-0.25, -0.2) is 0 Å². The van der Waals surface area contributed by atoms with Gasteiger partial charge >= 0.3 is 0 Å². The van der Waals surface area contributed by atoms with Crippen LogP contribution < -0.4 is 11.1 Å². The number of nitrogens with one attached hydrogen (secondary N) is 1. The number of fused-ring (bicyclic) bond motifs is 1. The zero-order valence-electron chi connectivity index (χ0n) is 9.44. The number of nitrogens with two attached hydrogens (primary N) is 1. The van der Waals surface area contributed by atoms with E-state index in [2.05, 4.69) is 5.32 Å². The summed E-state index contributed by atoms with van der Waals surface area (Å²) in [5.41, 5.74) is 8.75. The van der Waals surface area contributed by atoms with Gasteiger partial charge < -0.3 is 5.73 Å². The van der Waals surface area contributed by atoms with Gasteiger partial charge in [-0.2, -0.15) is 0 Å². The molecule has 0 spiro atoms. The molecule has 0 radical (unpaired) electrons. The number of anilines is 1. The van der Waals surface area contributed by atoms with Crippen LogP contribution in [0.2, 0.25) is 0 Å². The van der Waals surface area contributed by atoms with Crippen molar-refractivity contribution in [2.24, 2.45) is 0 Å². The van der Waals surface area contributed by atoms with Gasteiger partial charge in [0.1, 0.15) is 0 Å². The van der Waals surface area contributed by atoms with E-state index in [4.69, 9.17) is 5.73 Å². The number of rotatable bonds is 1. The molecule has 2 aromatic carbocycles. The predicted octanol–water partition coefficient (Wildman–Crippen LogP) is 1.82. The Morgan fingerprint density at radius 2 is 1.44 bits per heavy atom. The first kappa shape index (κ1) is 10.5. The topological polar surface area (TPSA) is 72.2 Å². The number of carbonyl (C=O) groups is 2. The van der Waals surface area contributed by atoms with E-state index in [-0.39, 0.29) is 11.8 Å². The number of carbonyl (C=O) groups excluding carboxylic acids is 2. The number of imide groups is 1. The maximum absolute atomic E-state index is 11.8. The van der Waals surface area contributed by atoms with Crippen molar-refractivity contribution in [3.05, 3.63) is 53.6 Å². The third-order valence-electron chi connectivity index (χ3n) is 3.01. The molecule has 18 heavy (non-hydrogen) atoms. The fraction of sp³-hybridized carbons (Fsp3) is 0. The van der Waals surface area contributed by atoms with Crippen LogP contribution in [0.25, 0.3) is 11.1 Å². The SMILES string of the molecule is Nc1ccccc1-c1cccc2c1C(=O)NC2=O. The van der Waals surface area contributed by atoms with E-state index in [1.807, 2.05) is 18.2 Å². The van der Waals surface area contributed by atoms with Gasteiger partial charge in [0.2, 0.25) is 0 Å². The minimum atomic E-state index is -0.367. The summed E-state index contributed by atoms with van der Waals surface area (Å²) in [5.74, 6) is -0.722. The Labute approximate surface area is 103 Å². The summed E-state index contributed by atoms with van der Waals surface area (Å²) >= 11 is 0. The molecule has 0 fully saturated rings. The molecule has 2 amide bonds. The molecule has 0 aromatic heterocycles. The summed E-state index contributed by atoms with van der Waals surface area (Å²) in [5, 5.41) is 2.29. The van der Waals surface area contributed by atoms with Crippen molar-refractivity contribution in [3.8, 4) is 11.1 Å². The lowest BCUT2D eigenvalue weighted by atomic mass is 9.95. The van der Waals surface area contributed by atoms with E-state index >= 15 is 0 Å². The van der Waals surface area contributed by atoms with Crippen molar-refractivity contribution < 1.29 is 9.59 Å². The van der Waals surface area contributed by atoms with E-state index in [9.17, 15) is 9.59 Å². The average Bonchev–Trinajstić information content (AvgIpc) is 2.66. The Bertz CT molecular complexity index is 677. The first-order chi connectivity index (χ1) is 8.68. The molecular formula is C14H10N2O2. The van der Waals surface area contributed by atoms with E-state index < -0.39 is 0 Å². The molecular weight excluding hydrogens is 228 g/mol. The van der Waals surface area contributed by atoms with Crippen LogP contribution in [0.5, 0.6) is 0 Å². The van der Waals surface area contributed by atoms with Gasteiger partial charge in [-0.15, -0.1) is 0 Å². The summed E-state index contributed by atoms with van der Waals surface area (Å²) in [6.45, 7) is 0. The predicted molar refractivity (Wildman–Crippen MR) is 68.1 cm³/mol. The second kappa shape index (κ2) is 3.70. The summed E-state index contributed by atoms with van der Waals surface area (Å²) in [7, 11) is 0. The Morgan fingerprint density at radius 1 is 0.778 bits per heavy atom. The van der Waals surface area contributed by atoms with Gasteiger partial charge in [0.25, 0.3) is 11.8 Å². The maximum Gasteiger partial charge on any atom is 0.259 e. The quantitative estimate of drug-likeness (QED) is 0.588. The van der Waals surface area contributed by atoms with Crippen molar-refractivity contribution in [1.82, 2.24) is 5.32 Å². The molecule has 3 N–H and O–H groups in total. The van der Waals surface area contributed by atoms with Crippen LogP contribution in [0.3, 0.4) is 0 Å². The third-order valence-corrected chi connectivity index (χ3v) is 3.01. The van der Waals surface area contributed by atoms with E-state index in [1.165, 1.54) is 0 Å². The Balaban J connectivity index is 2.30. The highest BCUT2D eigenvalue weighted by molar-refractivity contribution is 6.24. The Kier molecular flexibility index (Phi) is 2.16. The molecule has 1 heterocycles. The molecule has 0 saturated carbocycles. The molecule has 0 bridgehead atoms. The van der Waals surface area contributed by atoms with E-state index in [0.717, 1.165) is 5.56 Å². The summed E-state index contributed by atoms with van der Waals surface area (Å²) in [6.07, 6.45) is 0. The van der Waals surface area contributed by atoms with Crippen LogP contribution >= 0.6 is 0 Å². The Morgan fingerprint density at radius 3 is 2.22 bits per heavy atom. The monoisotopic (exact) mass is 238 g/mol. The zero-order valence-corrected chi connectivity index (χ0v) is 9.44. The van der Waals surface area contributed by atoms with Gasteiger partial charge in [-0.05, 0) is 17.7 Å². The molecule has 4 heteroatoms. The molecule has 2 aromatic rings. The fourth-order valence-corrected chi connectivity index (χ4v) is 2.19. The van der Waals surface area contributed by atoms with Crippen molar-refractivity contribution in [2.75, 3.05) is 5.73 Å². The lowest BCUT2D eigenvalue weighted by Gasteiger charge is -2.08. The largest absolute Gasteiger partial charge is 0.398 e. The second-order valence-corrected chi connectivity index (χ2v) is 4.10. The lowest BCUT2D eigenvalue weighted by molar-refractivity contribution is 0.0880. The molecule has 0 atom stereocenters. The number of hydrogen-bond acceptors (Lipinski definition) is 3. The molecule has 3 rings (SSSR count). The highest BCUT2D eigenvalue weighted by Crippen LogP contribution is 2.32. The van der Waals surface area contributed by atoms with Gasteiger partial charge in [-0.3, -0.25) is 14.9 Å². The van der Waals surface area contributed by atoms with E-state index in [0.29, 0.717) is 22.4 Å². The van der Waals surface area contributed by atoms with Crippen LogP contribution in [-0.2, 0) is 0 Å². The maximum atomic E-state index is 11.8. The highest BCUT2D eigenvalue weighted by atomic mass is 16.2. The lowest BCUT2D eigenvalue weighted by Crippen LogP contribution is -2.20. The highest BCUT2D eigenvalue weighted by Gasteiger charge is 2.29. The zero-order chi connectivity index (χ0) is 12.7. The van der Waals surface area contributed by atoms with Crippen LogP contribution in [0.15, 0.2) is 42.5 Å². The van der Waals surface area contributed by atoms with Crippen molar-refractivity contribution in [2.45, 2.75) is 0 Å². The van der Waals surface area contributed by atoms with Crippen LogP contribution in [0.4, 0.5) is 5.69 Å². The molecule has 0 saturated heterocycles. The summed E-state index contributed by atoms with van der Waals surface area (Å²) in [6, 6.07) is 12.5. The first-order valence-corrected chi connectivity index (χ1v) is 5.52. The van der Waals surface area contributed by atoms with Crippen LogP contribution in [-0.4, -0.2) is 11.8 Å². The number of nitrogen functional groups attached to an aromatic ring is 1. The normalized spacial score (nSPS) is 13.3. The van der Waals surface area contributed by atoms with Gasteiger partial charge in [0.15, 0.2) is 0 Å². The fourth-order valence-electron chi connectivity index (χ4n) is 2.19. The molecule has 1 aliphatic heterocycles. The summed E-state index contributed by atoms with van der Waals surface area (Å²) in [4.78, 5) is 23.4. The van der Waals surface area contributed by atoms with Crippen LogP contribution in [0.1, 0.15) is 20.7 Å². The number of benzene rings is 2. The van der Waals surface area contributed by atoms with Gasteiger partial charge in [0, 0.05) is 11.3 Å². The number of amides is 2. The second-order valence-electron chi connectivity index (χ2n) is 4.10. The van der Waals surface area contributed by atoms with Crippen molar-refractivity contribution in [3.63, 3.8) is 0 Å². The van der Waals surface area contributed by atoms with E-state index in [1.54, 1.807) is 24.3 Å². The molecule has 88 valence electrons. The molecule has 0 unspecified atom stereocenters. The van der Waals surface area contributed by atoms with Crippen LogP contribution in [0, 0.1) is 0 Å². The first-order valence-electron chi connectivity index (χ1n) is 5.52. The van der Waals surface area contributed by atoms with Crippen molar-refractivity contribution in [1.29, 1.82) is 0 Å².